The van der Waals surface area contributed by atoms with Gasteiger partial charge in [-0.2, -0.15) is 8.42 Å². The Kier molecular flexibility index (Phi) is 8.46. The lowest BCUT2D eigenvalue weighted by Crippen LogP contribution is -2.39. The van der Waals surface area contributed by atoms with Crippen molar-refractivity contribution in [3.63, 3.8) is 0 Å². The molecule has 1 aliphatic heterocycles. The molecule has 0 aliphatic carbocycles. The van der Waals surface area contributed by atoms with Gasteiger partial charge in [0.15, 0.2) is 11.5 Å². The van der Waals surface area contributed by atoms with Gasteiger partial charge in [0.1, 0.15) is 6.04 Å². The molecule has 196 valence electrons. The first kappa shape index (κ1) is 27.6. The number of likely N-dealkylation sites (tertiary alicyclic amines) is 1. The first-order chi connectivity index (χ1) is 17.4. The number of rotatable bonds is 8. The number of carboxylic acid groups (broad SMARTS) is 1. The van der Waals surface area contributed by atoms with E-state index in [9.17, 15) is 32.7 Å². The largest absolute Gasteiger partial charge is 0.480 e. The number of aliphatic carboxylic acids is 1. The molecule has 0 bridgehead atoms. The van der Waals surface area contributed by atoms with Crippen LogP contribution in [0, 0.1) is 6.92 Å². The highest BCUT2D eigenvalue weighted by molar-refractivity contribution is 7.86. The minimum Gasteiger partial charge on any atom is -0.480 e. The number of nitrogens with zero attached hydrogens (tertiary/aromatic N) is 1. The smallest absolute Gasteiger partial charge is 0.326 e. The van der Waals surface area contributed by atoms with Crippen molar-refractivity contribution >= 4 is 40.0 Å². The highest BCUT2D eigenvalue weighted by Crippen LogP contribution is 2.30. The standard InChI is InChI=1S/C25H25NO10S/c1-15-4-8-20(9-5-15)37(32,33)36-19-13-21(25(30)31)26(14-19)24(29)11-7-18-6-10-22(34-16(2)27)23(12-18)35-17(3)28/h4-12,19,21H,13-14H2,1-3H3,(H,30,31)/b11-7+/t19-,21+/m1/s1. The molecule has 2 aromatic carbocycles. The molecule has 3 rings (SSSR count). The number of ether oxygens (including phenoxy) is 2. The molecule has 11 nitrogen and oxygen atoms in total. The van der Waals surface area contributed by atoms with Crippen molar-refractivity contribution in [2.24, 2.45) is 0 Å². The molecule has 37 heavy (non-hydrogen) atoms. The van der Waals surface area contributed by atoms with Crippen molar-refractivity contribution in [1.82, 2.24) is 4.90 Å². The molecule has 1 amide bonds. The quantitative estimate of drug-likeness (QED) is 0.232. The lowest BCUT2D eigenvalue weighted by Gasteiger charge is -2.19. The predicted molar refractivity (Wildman–Crippen MR) is 129 cm³/mol. The van der Waals surface area contributed by atoms with Gasteiger partial charge in [-0.1, -0.05) is 23.8 Å². The summed E-state index contributed by atoms with van der Waals surface area (Å²) < 4.78 is 40.5. The Bertz CT molecular complexity index is 1350. The summed E-state index contributed by atoms with van der Waals surface area (Å²) in [6.07, 6.45) is 1.19. The Morgan fingerprint density at radius 2 is 1.59 bits per heavy atom. The highest BCUT2D eigenvalue weighted by Gasteiger charge is 2.41. The van der Waals surface area contributed by atoms with Gasteiger partial charge in [0, 0.05) is 32.9 Å². The summed E-state index contributed by atoms with van der Waals surface area (Å²) in [5, 5.41) is 9.59. The molecule has 0 radical (unpaired) electrons. The van der Waals surface area contributed by atoms with Crippen molar-refractivity contribution in [3.05, 3.63) is 59.7 Å². The van der Waals surface area contributed by atoms with Crippen LogP contribution in [0.2, 0.25) is 0 Å². The maximum atomic E-state index is 12.8. The topological polar surface area (TPSA) is 154 Å². The van der Waals surface area contributed by atoms with E-state index >= 15 is 0 Å². The normalized spacial score (nSPS) is 17.5. The van der Waals surface area contributed by atoms with Crippen molar-refractivity contribution in [2.45, 2.75) is 44.2 Å². The Balaban J connectivity index is 1.76. The van der Waals surface area contributed by atoms with E-state index in [2.05, 4.69) is 0 Å². The van der Waals surface area contributed by atoms with Gasteiger partial charge in [-0.25, -0.2) is 4.79 Å². The van der Waals surface area contributed by atoms with Gasteiger partial charge in [-0.05, 0) is 42.8 Å². The summed E-state index contributed by atoms with van der Waals surface area (Å²) in [5.74, 6) is -3.31. The number of esters is 2. The molecule has 1 aliphatic rings. The van der Waals surface area contributed by atoms with Gasteiger partial charge in [0.05, 0.1) is 11.0 Å². The minimum absolute atomic E-state index is 0.00596. The Labute approximate surface area is 213 Å². The third-order valence-corrected chi connectivity index (χ3v) is 6.67. The molecule has 1 N–H and O–H groups in total. The number of hydrogen-bond acceptors (Lipinski definition) is 9. The van der Waals surface area contributed by atoms with E-state index in [0.717, 1.165) is 16.5 Å². The van der Waals surface area contributed by atoms with E-state index in [-0.39, 0.29) is 29.4 Å². The van der Waals surface area contributed by atoms with Crippen molar-refractivity contribution < 1.29 is 46.4 Å². The predicted octanol–water partition coefficient (Wildman–Crippen LogP) is 2.32. The average molecular weight is 532 g/mol. The lowest BCUT2D eigenvalue weighted by atomic mass is 10.1. The Morgan fingerprint density at radius 1 is 0.973 bits per heavy atom. The molecule has 2 atom stereocenters. The second kappa shape index (κ2) is 11.4. The molecule has 0 saturated carbocycles. The molecule has 0 aromatic heterocycles. The fraction of sp³-hybridized carbons (Fsp3) is 0.280. The highest BCUT2D eigenvalue weighted by atomic mass is 32.2. The first-order valence-corrected chi connectivity index (χ1v) is 12.5. The van der Waals surface area contributed by atoms with E-state index in [1.165, 1.54) is 50.3 Å². The van der Waals surface area contributed by atoms with E-state index in [0.29, 0.717) is 5.56 Å². The summed E-state index contributed by atoms with van der Waals surface area (Å²) in [6, 6.07) is 8.93. The van der Waals surface area contributed by atoms with Gasteiger partial charge in [-0.15, -0.1) is 0 Å². The van der Waals surface area contributed by atoms with Crippen LogP contribution < -0.4 is 9.47 Å². The van der Waals surface area contributed by atoms with Gasteiger partial charge in [0.25, 0.3) is 10.1 Å². The van der Waals surface area contributed by atoms with Crippen molar-refractivity contribution in [2.75, 3.05) is 6.54 Å². The summed E-state index contributed by atoms with van der Waals surface area (Å²) in [6.45, 7) is 3.89. The molecule has 0 unspecified atom stereocenters. The zero-order chi connectivity index (χ0) is 27.3. The molecule has 1 heterocycles. The van der Waals surface area contributed by atoms with Crippen LogP contribution >= 0.6 is 0 Å². The summed E-state index contributed by atoms with van der Waals surface area (Å²) >= 11 is 0. The maximum Gasteiger partial charge on any atom is 0.326 e. The molecule has 0 spiro atoms. The second-order valence-corrected chi connectivity index (χ2v) is 9.86. The number of benzene rings is 2. The van der Waals surface area contributed by atoms with Crippen LogP contribution in [-0.2, 0) is 33.5 Å². The average Bonchev–Trinajstić information content (AvgIpc) is 3.22. The monoisotopic (exact) mass is 531 g/mol. The fourth-order valence-corrected chi connectivity index (χ4v) is 4.73. The zero-order valence-electron chi connectivity index (χ0n) is 20.2. The number of hydrogen-bond donors (Lipinski definition) is 1. The number of aryl methyl sites for hydroxylation is 1. The number of carboxylic acids is 1. The van der Waals surface area contributed by atoms with E-state index in [1.54, 1.807) is 19.1 Å². The lowest BCUT2D eigenvalue weighted by molar-refractivity contribution is -0.146. The van der Waals surface area contributed by atoms with Gasteiger partial charge < -0.3 is 19.5 Å². The van der Waals surface area contributed by atoms with Gasteiger partial charge in [-0.3, -0.25) is 18.6 Å². The molecular weight excluding hydrogens is 506 g/mol. The molecule has 1 saturated heterocycles. The van der Waals surface area contributed by atoms with E-state index in [4.69, 9.17) is 13.7 Å². The summed E-state index contributed by atoms with van der Waals surface area (Å²) in [4.78, 5) is 48.2. The van der Waals surface area contributed by atoms with Crippen molar-refractivity contribution in [1.29, 1.82) is 0 Å². The first-order valence-electron chi connectivity index (χ1n) is 11.1. The van der Waals surface area contributed by atoms with Crippen LogP contribution in [0.25, 0.3) is 6.08 Å². The summed E-state index contributed by atoms with van der Waals surface area (Å²) in [5.41, 5.74) is 1.25. The van der Waals surface area contributed by atoms with Gasteiger partial charge in [0.2, 0.25) is 5.91 Å². The Morgan fingerprint density at radius 3 is 2.19 bits per heavy atom. The second-order valence-electron chi connectivity index (χ2n) is 8.29. The van der Waals surface area contributed by atoms with Crippen LogP contribution in [-0.4, -0.2) is 60.9 Å². The number of carbonyl (C=O) groups excluding carboxylic acids is 3. The minimum atomic E-state index is -4.17. The van der Waals surface area contributed by atoms with Crippen LogP contribution in [0.4, 0.5) is 0 Å². The van der Waals surface area contributed by atoms with Crippen LogP contribution in [0.5, 0.6) is 11.5 Å². The van der Waals surface area contributed by atoms with Gasteiger partial charge >= 0.3 is 17.9 Å². The number of carbonyl (C=O) groups is 4. The fourth-order valence-electron chi connectivity index (χ4n) is 3.65. The molecule has 12 heteroatoms. The van der Waals surface area contributed by atoms with E-state index in [1.807, 2.05) is 0 Å². The third kappa shape index (κ3) is 7.24. The van der Waals surface area contributed by atoms with Crippen LogP contribution in [0.3, 0.4) is 0 Å². The summed E-state index contributed by atoms with van der Waals surface area (Å²) in [7, 11) is -4.17. The number of amides is 1. The van der Waals surface area contributed by atoms with Crippen molar-refractivity contribution in [3.8, 4) is 11.5 Å². The van der Waals surface area contributed by atoms with Crippen LogP contribution in [0.1, 0.15) is 31.4 Å². The zero-order valence-corrected chi connectivity index (χ0v) is 21.1. The van der Waals surface area contributed by atoms with Crippen LogP contribution in [0.15, 0.2) is 53.4 Å². The molecular formula is C25H25NO10S. The molecule has 2 aromatic rings. The SMILES string of the molecule is CC(=O)Oc1ccc(/C=C/C(=O)N2C[C@H](OS(=O)(=O)c3ccc(C)cc3)C[C@H]2C(=O)O)cc1OC(C)=O. The maximum absolute atomic E-state index is 12.8. The Hall–Kier alpha value is -4.03. The van der Waals surface area contributed by atoms with E-state index < -0.39 is 46.1 Å². The third-order valence-electron chi connectivity index (χ3n) is 5.30. The molecule has 1 fully saturated rings.